The van der Waals surface area contributed by atoms with E-state index in [4.69, 9.17) is 4.74 Å². The number of nitrogens with one attached hydrogen (secondary N) is 1. The minimum Gasteiger partial charge on any atom is -0.427 e. The van der Waals surface area contributed by atoms with Gasteiger partial charge >= 0.3 is 5.97 Å². The van der Waals surface area contributed by atoms with E-state index < -0.39 is 0 Å². The lowest BCUT2D eigenvalue weighted by molar-refractivity contribution is -0.131. The molecule has 4 heteroatoms. The van der Waals surface area contributed by atoms with Gasteiger partial charge in [0, 0.05) is 39.1 Å². The zero-order chi connectivity index (χ0) is 15.9. The largest absolute Gasteiger partial charge is 0.427 e. The Kier molecular flexibility index (Phi) is 6.40. The third-order valence-electron chi connectivity index (χ3n) is 4.11. The van der Waals surface area contributed by atoms with Crippen molar-refractivity contribution in [3.63, 3.8) is 0 Å². The Bertz CT molecular complexity index is 482. The molecule has 1 fully saturated rings. The van der Waals surface area contributed by atoms with E-state index in [0.717, 1.165) is 32.6 Å². The number of hydrogen-bond acceptors (Lipinski definition) is 4. The van der Waals surface area contributed by atoms with Crippen molar-refractivity contribution in [3.05, 3.63) is 29.8 Å². The summed E-state index contributed by atoms with van der Waals surface area (Å²) in [6, 6.07) is 8.41. The number of rotatable bonds is 6. The van der Waals surface area contributed by atoms with Crippen LogP contribution >= 0.6 is 0 Å². The molecular weight excluding hydrogens is 276 g/mol. The second-order valence-corrected chi connectivity index (χ2v) is 6.44. The van der Waals surface area contributed by atoms with E-state index in [1.54, 1.807) is 0 Å². The third kappa shape index (κ3) is 5.11. The first-order valence-electron chi connectivity index (χ1n) is 8.29. The van der Waals surface area contributed by atoms with Gasteiger partial charge in [0.15, 0.2) is 0 Å². The van der Waals surface area contributed by atoms with Crippen molar-refractivity contribution >= 4 is 5.97 Å². The monoisotopic (exact) mass is 304 g/mol. The second kappa shape index (κ2) is 8.30. The Labute approximate surface area is 133 Å². The molecule has 0 radical (unpaired) electrons. The van der Waals surface area contributed by atoms with Crippen LogP contribution in [-0.4, -0.2) is 37.0 Å². The van der Waals surface area contributed by atoms with Crippen molar-refractivity contribution in [1.82, 2.24) is 10.2 Å². The van der Waals surface area contributed by atoms with Crippen molar-refractivity contribution in [2.75, 3.05) is 26.2 Å². The topological polar surface area (TPSA) is 41.6 Å². The van der Waals surface area contributed by atoms with Crippen LogP contribution in [0.3, 0.4) is 0 Å². The van der Waals surface area contributed by atoms with Crippen molar-refractivity contribution in [1.29, 1.82) is 0 Å². The summed E-state index contributed by atoms with van der Waals surface area (Å²) >= 11 is 0. The van der Waals surface area contributed by atoms with E-state index in [1.807, 2.05) is 18.2 Å². The van der Waals surface area contributed by atoms with Gasteiger partial charge in [-0.3, -0.25) is 9.69 Å². The molecular formula is C18H28N2O2. The Morgan fingerprint density at radius 1 is 1.27 bits per heavy atom. The van der Waals surface area contributed by atoms with Gasteiger partial charge in [0.25, 0.3) is 0 Å². The number of hydrogen-bond donors (Lipinski definition) is 1. The minimum absolute atomic E-state index is 0.266. The van der Waals surface area contributed by atoms with Gasteiger partial charge in [-0.25, -0.2) is 0 Å². The first kappa shape index (κ1) is 17.0. The SMILES string of the molecule is CC(=O)Oc1cccc([C@H](CCC(C)C)N2CCNCC2)c1. The fraction of sp³-hybridized carbons (Fsp3) is 0.611. The maximum Gasteiger partial charge on any atom is 0.308 e. The zero-order valence-corrected chi connectivity index (χ0v) is 14.0. The van der Waals surface area contributed by atoms with Crippen LogP contribution in [0.25, 0.3) is 0 Å². The average Bonchev–Trinajstić information content (AvgIpc) is 2.48. The summed E-state index contributed by atoms with van der Waals surface area (Å²) in [5, 5.41) is 3.41. The van der Waals surface area contributed by atoms with Crippen LogP contribution in [0.15, 0.2) is 24.3 Å². The summed E-state index contributed by atoms with van der Waals surface area (Å²) in [5.41, 5.74) is 1.25. The van der Waals surface area contributed by atoms with Gasteiger partial charge in [0.1, 0.15) is 5.75 Å². The van der Waals surface area contributed by atoms with Crippen molar-refractivity contribution < 1.29 is 9.53 Å². The highest BCUT2D eigenvalue weighted by molar-refractivity contribution is 5.69. The van der Waals surface area contributed by atoms with E-state index in [-0.39, 0.29) is 5.97 Å². The third-order valence-corrected chi connectivity index (χ3v) is 4.11. The highest BCUT2D eigenvalue weighted by atomic mass is 16.5. The molecule has 0 aliphatic carbocycles. The molecule has 0 unspecified atom stereocenters. The molecule has 1 aliphatic heterocycles. The Balaban J connectivity index is 2.17. The predicted octanol–water partition coefficient (Wildman–Crippen LogP) is 2.99. The van der Waals surface area contributed by atoms with Crippen LogP contribution in [0.2, 0.25) is 0 Å². The summed E-state index contributed by atoms with van der Waals surface area (Å²) in [6.45, 7) is 10.2. The quantitative estimate of drug-likeness (QED) is 0.648. The molecule has 1 aliphatic rings. The number of carbonyl (C=O) groups excluding carboxylic acids is 1. The first-order valence-corrected chi connectivity index (χ1v) is 8.29. The van der Waals surface area contributed by atoms with Gasteiger partial charge in [-0.2, -0.15) is 0 Å². The van der Waals surface area contributed by atoms with Crippen molar-refractivity contribution in [2.24, 2.45) is 5.92 Å². The molecule has 0 aromatic heterocycles. The highest BCUT2D eigenvalue weighted by Gasteiger charge is 2.22. The van der Waals surface area contributed by atoms with Crippen LogP contribution in [0, 0.1) is 5.92 Å². The number of ether oxygens (including phenoxy) is 1. The fourth-order valence-electron chi connectivity index (χ4n) is 3.00. The number of carbonyl (C=O) groups is 1. The molecule has 0 spiro atoms. The summed E-state index contributed by atoms with van der Waals surface area (Å²) in [6.07, 6.45) is 2.34. The standard InChI is InChI=1S/C18H28N2O2/c1-14(2)7-8-18(20-11-9-19-10-12-20)16-5-4-6-17(13-16)22-15(3)21/h4-6,13-14,18-19H,7-12H2,1-3H3/t18-/m0/s1. The van der Waals surface area contributed by atoms with Crippen LogP contribution in [0.1, 0.15) is 45.2 Å². The number of benzene rings is 1. The van der Waals surface area contributed by atoms with Crippen LogP contribution in [-0.2, 0) is 4.79 Å². The maximum atomic E-state index is 11.2. The van der Waals surface area contributed by atoms with Gasteiger partial charge < -0.3 is 10.1 Å². The first-order chi connectivity index (χ1) is 10.6. The Morgan fingerprint density at radius 3 is 2.64 bits per heavy atom. The second-order valence-electron chi connectivity index (χ2n) is 6.44. The highest BCUT2D eigenvalue weighted by Crippen LogP contribution is 2.30. The molecule has 1 aromatic rings. The van der Waals surface area contributed by atoms with Gasteiger partial charge in [-0.05, 0) is 36.5 Å². The summed E-state index contributed by atoms with van der Waals surface area (Å²) in [5.74, 6) is 1.08. The molecule has 1 N–H and O–H groups in total. The molecule has 122 valence electrons. The average molecular weight is 304 g/mol. The van der Waals surface area contributed by atoms with E-state index >= 15 is 0 Å². The molecule has 1 saturated heterocycles. The fourth-order valence-corrected chi connectivity index (χ4v) is 3.00. The van der Waals surface area contributed by atoms with E-state index in [0.29, 0.717) is 17.7 Å². The molecule has 1 atom stereocenters. The van der Waals surface area contributed by atoms with E-state index in [1.165, 1.54) is 18.9 Å². The smallest absolute Gasteiger partial charge is 0.308 e. The van der Waals surface area contributed by atoms with Crippen molar-refractivity contribution in [3.8, 4) is 5.75 Å². The van der Waals surface area contributed by atoms with Gasteiger partial charge in [0.05, 0.1) is 0 Å². The summed E-state index contributed by atoms with van der Waals surface area (Å²) in [4.78, 5) is 13.7. The Hall–Kier alpha value is -1.39. The van der Waals surface area contributed by atoms with Gasteiger partial charge in [0.2, 0.25) is 0 Å². The maximum absolute atomic E-state index is 11.2. The van der Waals surface area contributed by atoms with Crippen LogP contribution in [0.4, 0.5) is 0 Å². The van der Waals surface area contributed by atoms with Gasteiger partial charge in [-0.15, -0.1) is 0 Å². The molecule has 0 bridgehead atoms. The lowest BCUT2D eigenvalue weighted by Crippen LogP contribution is -2.45. The number of piperazine rings is 1. The molecule has 22 heavy (non-hydrogen) atoms. The molecule has 4 nitrogen and oxygen atoms in total. The van der Waals surface area contributed by atoms with Crippen molar-refractivity contribution in [2.45, 2.75) is 39.7 Å². The molecule has 2 rings (SSSR count). The lowest BCUT2D eigenvalue weighted by atomic mass is 9.95. The molecule has 0 saturated carbocycles. The van der Waals surface area contributed by atoms with E-state index in [2.05, 4.69) is 30.1 Å². The molecule has 1 aromatic carbocycles. The normalized spacial score (nSPS) is 17.5. The molecule has 1 heterocycles. The van der Waals surface area contributed by atoms with Gasteiger partial charge in [-0.1, -0.05) is 26.0 Å². The molecule has 0 amide bonds. The zero-order valence-electron chi connectivity index (χ0n) is 14.0. The van der Waals surface area contributed by atoms with Crippen LogP contribution in [0.5, 0.6) is 5.75 Å². The van der Waals surface area contributed by atoms with Crippen LogP contribution < -0.4 is 10.1 Å². The predicted molar refractivity (Wildman–Crippen MR) is 89.0 cm³/mol. The lowest BCUT2D eigenvalue weighted by Gasteiger charge is -2.35. The minimum atomic E-state index is -0.266. The number of nitrogens with zero attached hydrogens (tertiary/aromatic N) is 1. The Morgan fingerprint density at radius 2 is 2.00 bits per heavy atom. The summed E-state index contributed by atoms with van der Waals surface area (Å²) < 4.78 is 5.25. The van der Waals surface area contributed by atoms with E-state index in [9.17, 15) is 4.79 Å². The summed E-state index contributed by atoms with van der Waals surface area (Å²) in [7, 11) is 0. The number of esters is 1.